The summed E-state index contributed by atoms with van der Waals surface area (Å²) >= 11 is 1.95. The minimum Gasteiger partial charge on any atom is -0.494 e. The van der Waals surface area contributed by atoms with Crippen LogP contribution in [-0.4, -0.2) is 50.3 Å². The molecule has 0 saturated heterocycles. The molecule has 0 unspecified atom stereocenters. The Bertz CT molecular complexity index is 3230. The van der Waals surface area contributed by atoms with Crippen LogP contribution in [0.4, 0.5) is 26.3 Å². The zero-order chi connectivity index (χ0) is 62.1. The fourth-order valence-corrected chi connectivity index (χ4v) is 13.9. The Labute approximate surface area is 516 Å². The van der Waals surface area contributed by atoms with Crippen molar-refractivity contribution >= 4 is 66.7 Å². The van der Waals surface area contributed by atoms with Crippen molar-refractivity contribution in [3.05, 3.63) is 156 Å². The zero-order valence-corrected chi connectivity index (χ0v) is 50.7. The molecule has 5 aromatic carbocycles. The number of halogens is 6. The average Bonchev–Trinajstić information content (AvgIpc) is 2.29. The molecule has 88 heavy (non-hydrogen) atoms. The van der Waals surface area contributed by atoms with Gasteiger partial charge in [-0.3, -0.25) is 9.59 Å². The molecule has 2 heterocycles. The van der Waals surface area contributed by atoms with Gasteiger partial charge in [0.15, 0.2) is 46.4 Å². The fraction of sp³-hybridized carbons (Fsp3) is 0.400. The monoisotopic (exact) mass is 1250 g/mol. The molecular weight excluding hydrogens is 1180 g/mol. The Hall–Kier alpha value is -7.44. The molecule has 466 valence electrons. The first-order valence-corrected chi connectivity index (χ1v) is 32.1. The third-order valence-electron chi connectivity index (χ3n) is 16.6. The number of carbonyl (C=O) groups excluding carboxylic acids is 4. The number of benzene rings is 5. The van der Waals surface area contributed by atoms with E-state index in [1.54, 1.807) is 0 Å². The standard InChI is InChI=1S/C70H72F6O10S2/c1-3-61(77)83-35-15-11-7-5-9-13-33-81-51-29-25-45(26-30-51)43-17-21-47(22-18-43)69(79)85-65-53-41-59(49-37-55(71)63(75)56(72)38-49)88-68(53)66(54-42-60(87-67(54)65)50-39-57(73)64(76)58(74)40-50)86-70(80)48-23-19-44(20-24-48)46-27-31-52(32-28-46)82-34-14-10-6-8-12-16-36-84-62(78)4-2/h3-4,25-32,37-44,47-48H,1-2,5-24,33-36H2. The van der Waals surface area contributed by atoms with E-state index >= 15 is 0 Å². The van der Waals surface area contributed by atoms with Crippen LogP contribution in [0.5, 0.6) is 23.0 Å². The Morgan fingerprint density at radius 2 is 0.750 bits per heavy atom. The van der Waals surface area contributed by atoms with Crippen LogP contribution in [0.25, 0.3) is 41.1 Å². The number of ether oxygens (including phenoxy) is 6. The number of hydrogen-bond donors (Lipinski definition) is 0. The first-order chi connectivity index (χ1) is 42.7. The van der Waals surface area contributed by atoms with Gasteiger partial charge >= 0.3 is 23.9 Å². The first-order valence-electron chi connectivity index (χ1n) is 30.5. The largest absolute Gasteiger partial charge is 0.494 e. The second-order valence-electron chi connectivity index (χ2n) is 22.6. The molecule has 0 atom stereocenters. The third kappa shape index (κ3) is 17.0. The Morgan fingerprint density at radius 1 is 0.432 bits per heavy atom. The van der Waals surface area contributed by atoms with Gasteiger partial charge < -0.3 is 28.4 Å². The van der Waals surface area contributed by atoms with Crippen molar-refractivity contribution in [3.8, 4) is 43.9 Å². The minimum atomic E-state index is -1.65. The van der Waals surface area contributed by atoms with Crippen molar-refractivity contribution in [2.45, 2.75) is 140 Å². The lowest BCUT2D eigenvalue weighted by Gasteiger charge is -2.28. The van der Waals surface area contributed by atoms with Gasteiger partial charge in [-0.2, -0.15) is 0 Å². The Balaban J connectivity index is 0.874. The summed E-state index contributed by atoms with van der Waals surface area (Å²) in [4.78, 5) is 51.9. The highest BCUT2D eigenvalue weighted by molar-refractivity contribution is 7.24. The van der Waals surface area contributed by atoms with Crippen LogP contribution in [0, 0.1) is 46.7 Å². The van der Waals surface area contributed by atoms with E-state index in [-0.39, 0.29) is 64.4 Å². The van der Waals surface area contributed by atoms with Crippen LogP contribution >= 0.6 is 22.7 Å². The first kappa shape index (κ1) is 65.0. The summed E-state index contributed by atoms with van der Waals surface area (Å²) in [5.41, 5.74) is 2.18. The molecule has 0 spiro atoms. The summed E-state index contributed by atoms with van der Waals surface area (Å²) < 4.78 is 124. The summed E-state index contributed by atoms with van der Waals surface area (Å²) in [5, 5.41) is 0.479. The number of esters is 4. The molecule has 2 fully saturated rings. The average molecular weight is 1250 g/mol. The van der Waals surface area contributed by atoms with Crippen LogP contribution in [0.15, 0.2) is 110 Å². The van der Waals surface area contributed by atoms with Gasteiger partial charge in [0.05, 0.1) is 47.7 Å². The van der Waals surface area contributed by atoms with Gasteiger partial charge in [0, 0.05) is 32.7 Å². The van der Waals surface area contributed by atoms with Crippen LogP contribution in [0.2, 0.25) is 0 Å². The SMILES string of the molecule is C=CC(=O)OCCCCCCCCOc1ccc(C2CCC(C(=O)Oc3c4cc(-c5cc(F)c(F)c(F)c5)sc4c(OC(=O)C4CCC(c5ccc(OCCCCCCCCOC(=O)C=C)cc5)CC4)c4cc(-c5cc(F)c(F)c(F)c5)sc34)CC2)cc1. The molecule has 0 radical (unpaired) electrons. The number of unbranched alkanes of at least 4 members (excludes halogenated alkanes) is 10. The maximum absolute atomic E-state index is 14.9. The van der Waals surface area contributed by atoms with E-state index in [4.69, 9.17) is 28.4 Å². The van der Waals surface area contributed by atoms with Gasteiger partial charge in [-0.1, -0.05) is 88.8 Å². The van der Waals surface area contributed by atoms with E-state index in [0.29, 0.717) is 77.8 Å². The van der Waals surface area contributed by atoms with Gasteiger partial charge in [-0.25, -0.2) is 35.9 Å². The molecule has 0 bridgehead atoms. The van der Waals surface area contributed by atoms with Gasteiger partial charge in [0.25, 0.3) is 0 Å². The van der Waals surface area contributed by atoms with Crippen molar-refractivity contribution in [1.82, 2.24) is 0 Å². The normalized spacial score (nSPS) is 16.7. The van der Waals surface area contributed by atoms with E-state index in [2.05, 4.69) is 13.2 Å². The van der Waals surface area contributed by atoms with E-state index in [1.807, 2.05) is 48.5 Å². The second-order valence-corrected chi connectivity index (χ2v) is 24.7. The molecule has 10 nitrogen and oxygen atoms in total. The smallest absolute Gasteiger partial charge is 0.330 e. The molecule has 0 N–H and O–H groups in total. The molecule has 2 aliphatic rings. The summed E-state index contributed by atoms with van der Waals surface area (Å²) in [7, 11) is 0. The van der Waals surface area contributed by atoms with E-state index in [9.17, 15) is 45.5 Å². The molecule has 9 rings (SSSR count). The molecule has 2 aromatic heterocycles. The predicted molar refractivity (Wildman–Crippen MR) is 330 cm³/mol. The van der Waals surface area contributed by atoms with Crippen LogP contribution in [-0.2, 0) is 28.7 Å². The van der Waals surface area contributed by atoms with Crippen LogP contribution in [0.1, 0.15) is 151 Å². The number of thiophene rings is 2. The van der Waals surface area contributed by atoms with Gasteiger partial charge in [0.2, 0.25) is 0 Å². The van der Waals surface area contributed by atoms with Crippen molar-refractivity contribution < 1.29 is 73.9 Å². The third-order valence-corrected chi connectivity index (χ3v) is 18.9. The topological polar surface area (TPSA) is 124 Å². The van der Waals surface area contributed by atoms with E-state index < -0.39 is 70.6 Å². The zero-order valence-electron chi connectivity index (χ0n) is 49.1. The predicted octanol–water partition coefficient (Wildman–Crippen LogP) is 18.9. The summed E-state index contributed by atoms with van der Waals surface area (Å²) in [6.45, 7) is 8.77. The molecule has 7 aromatic rings. The fourth-order valence-electron chi connectivity index (χ4n) is 11.6. The molecule has 2 aliphatic carbocycles. The lowest BCUT2D eigenvalue weighted by atomic mass is 9.79. The molecule has 0 amide bonds. The lowest BCUT2D eigenvalue weighted by molar-refractivity contribution is -0.140. The number of carbonyl (C=O) groups is 4. The van der Waals surface area contributed by atoms with Gasteiger partial charge in [-0.05, 0) is 172 Å². The quantitative estimate of drug-likeness (QED) is 0.0107. The van der Waals surface area contributed by atoms with Crippen molar-refractivity contribution in [3.63, 3.8) is 0 Å². The lowest BCUT2D eigenvalue weighted by Crippen LogP contribution is -2.25. The van der Waals surface area contributed by atoms with Crippen LogP contribution in [0.3, 0.4) is 0 Å². The van der Waals surface area contributed by atoms with E-state index in [0.717, 1.165) is 159 Å². The van der Waals surface area contributed by atoms with Crippen molar-refractivity contribution in [1.29, 1.82) is 0 Å². The number of hydrogen-bond acceptors (Lipinski definition) is 12. The van der Waals surface area contributed by atoms with Crippen LogP contribution < -0.4 is 18.9 Å². The van der Waals surface area contributed by atoms with Gasteiger partial charge in [0.1, 0.15) is 11.5 Å². The van der Waals surface area contributed by atoms with Gasteiger partial charge in [-0.15, -0.1) is 22.7 Å². The highest BCUT2D eigenvalue weighted by atomic mass is 32.1. The highest BCUT2D eigenvalue weighted by Crippen LogP contribution is 2.54. The van der Waals surface area contributed by atoms with Crippen molar-refractivity contribution in [2.24, 2.45) is 11.8 Å². The summed E-state index contributed by atoms with van der Waals surface area (Å²) in [6.07, 6.45) is 18.7. The highest BCUT2D eigenvalue weighted by Gasteiger charge is 2.34. The van der Waals surface area contributed by atoms with E-state index in [1.165, 1.54) is 12.1 Å². The molecular formula is C70H72F6O10S2. The maximum atomic E-state index is 14.9. The van der Waals surface area contributed by atoms with Crippen molar-refractivity contribution in [2.75, 3.05) is 26.4 Å². The number of fused-ring (bicyclic) bond motifs is 2. The minimum absolute atomic E-state index is 0.0204. The summed E-state index contributed by atoms with van der Waals surface area (Å²) in [6, 6.07) is 22.5. The molecule has 18 heteroatoms. The molecule has 0 aliphatic heterocycles. The summed E-state index contributed by atoms with van der Waals surface area (Å²) in [5.74, 6) is -10.1. The second kappa shape index (κ2) is 31.6. The Kier molecular flexibility index (Phi) is 23.4. The maximum Gasteiger partial charge on any atom is 0.330 e. The Morgan fingerprint density at radius 3 is 1.08 bits per heavy atom. The molecule has 2 saturated carbocycles. The number of rotatable bonds is 30.